The number of unbranched alkanes of at least 4 members (excludes halogenated alkanes) is 6. The van der Waals surface area contributed by atoms with Crippen LogP contribution in [0, 0.1) is 5.41 Å². The number of aliphatic hydroxyl groups excluding tert-OH is 2. The summed E-state index contributed by atoms with van der Waals surface area (Å²) in [6.07, 6.45) is 12.4. The van der Waals surface area contributed by atoms with Crippen molar-refractivity contribution in [3.8, 4) is 0 Å². The van der Waals surface area contributed by atoms with E-state index >= 15 is 0 Å². The summed E-state index contributed by atoms with van der Waals surface area (Å²) in [4.78, 5) is 0. The Morgan fingerprint density at radius 1 is 0.739 bits per heavy atom. The molecule has 0 aliphatic carbocycles. The molecular weight excluding hydrogens is 284 g/mol. The summed E-state index contributed by atoms with van der Waals surface area (Å²) in [6, 6.07) is 8.88. The van der Waals surface area contributed by atoms with Crippen LogP contribution >= 0.6 is 0 Å². The normalized spacial score (nSPS) is 11.8. The van der Waals surface area contributed by atoms with E-state index in [1.165, 1.54) is 62.5 Å². The van der Waals surface area contributed by atoms with Crippen LogP contribution in [-0.2, 0) is 12.8 Å². The van der Waals surface area contributed by atoms with E-state index in [1.807, 2.05) is 6.92 Å². The van der Waals surface area contributed by atoms with Gasteiger partial charge in [0, 0.05) is 5.41 Å². The molecule has 1 rings (SSSR count). The lowest BCUT2D eigenvalue weighted by molar-refractivity contribution is 0.0631. The quantitative estimate of drug-likeness (QED) is 0.507. The van der Waals surface area contributed by atoms with Crippen LogP contribution in [0.25, 0.3) is 0 Å². The Bertz CT molecular complexity index is 393. The molecule has 2 N–H and O–H groups in total. The molecule has 23 heavy (non-hydrogen) atoms. The molecule has 0 spiro atoms. The Morgan fingerprint density at radius 3 is 1.74 bits per heavy atom. The molecule has 0 unspecified atom stereocenters. The second kappa shape index (κ2) is 11.6. The zero-order valence-electron chi connectivity index (χ0n) is 15.2. The van der Waals surface area contributed by atoms with Crippen molar-refractivity contribution in [1.82, 2.24) is 0 Å². The summed E-state index contributed by atoms with van der Waals surface area (Å²) in [5.41, 5.74) is 2.35. The summed E-state index contributed by atoms with van der Waals surface area (Å²) in [5.74, 6) is 0. The fourth-order valence-electron chi connectivity index (χ4n) is 2.81. The standard InChI is InChI=1S/C21H36O2/c1-3-4-5-6-7-8-9-10-19-11-13-20(14-12-19)15-16-21(2,17-22)18-23/h11-14,22-23H,3-10,15-18H2,1-2H3. The SMILES string of the molecule is CCCCCCCCCc1ccc(CCC(C)(CO)CO)cc1. The number of hydrogen-bond donors (Lipinski definition) is 2. The molecule has 0 bridgehead atoms. The van der Waals surface area contributed by atoms with Crippen molar-refractivity contribution in [2.24, 2.45) is 5.41 Å². The lowest BCUT2D eigenvalue weighted by Crippen LogP contribution is -2.26. The van der Waals surface area contributed by atoms with Crippen LogP contribution < -0.4 is 0 Å². The van der Waals surface area contributed by atoms with E-state index in [-0.39, 0.29) is 18.6 Å². The largest absolute Gasteiger partial charge is 0.396 e. The van der Waals surface area contributed by atoms with Crippen molar-refractivity contribution in [2.45, 2.75) is 78.1 Å². The van der Waals surface area contributed by atoms with E-state index < -0.39 is 0 Å². The van der Waals surface area contributed by atoms with Crippen LogP contribution in [0.5, 0.6) is 0 Å². The van der Waals surface area contributed by atoms with Crippen LogP contribution in [-0.4, -0.2) is 23.4 Å². The Morgan fingerprint density at radius 2 is 1.22 bits per heavy atom. The second-order valence-corrected chi connectivity index (χ2v) is 7.31. The predicted octanol–water partition coefficient (Wildman–Crippen LogP) is 4.90. The molecule has 2 heteroatoms. The minimum absolute atomic E-state index is 0.0415. The van der Waals surface area contributed by atoms with Crippen molar-refractivity contribution in [1.29, 1.82) is 0 Å². The van der Waals surface area contributed by atoms with Gasteiger partial charge in [0.05, 0.1) is 13.2 Å². The molecule has 2 nitrogen and oxygen atoms in total. The van der Waals surface area contributed by atoms with Crippen molar-refractivity contribution in [2.75, 3.05) is 13.2 Å². The van der Waals surface area contributed by atoms with E-state index in [1.54, 1.807) is 0 Å². The Hall–Kier alpha value is -0.860. The highest BCUT2D eigenvalue weighted by molar-refractivity contribution is 5.22. The third kappa shape index (κ3) is 8.53. The molecule has 0 aliphatic rings. The minimum atomic E-state index is -0.365. The first-order valence-electron chi connectivity index (χ1n) is 9.43. The number of aliphatic hydroxyl groups is 2. The smallest absolute Gasteiger partial charge is 0.0506 e. The van der Waals surface area contributed by atoms with Crippen molar-refractivity contribution >= 4 is 0 Å². The van der Waals surface area contributed by atoms with Gasteiger partial charge >= 0.3 is 0 Å². The first-order valence-corrected chi connectivity index (χ1v) is 9.43. The number of benzene rings is 1. The van der Waals surface area contributed by atoms with E-state index in [0.717, 1.165) is 12.8 Å². The van der Waals surface area contributed by atoms with Gasteiger partial charge in [-0.15, -0.1) is 0 Å². The Balaban J connectivity index is 2.23. The number of hydrogen-bond acceptors (Lipinski definition) is 2. The van der Waals surface area contributed by atoms with Gasteiger partial charge in [0.1, 0.15) is 0 Å². The average Bonchev–Trinajstić information content (AvgIpc) is 2.60. The summed E-state index contributed by atoms with van der Waals surface area (Å²) in [5, 5.41) is 18.7. The number of aryl methyl sites for hydroxylation is 2. The van der Waals surface area contributed by atoms with Gasteiger partial charge in [-0.1, -0.05) is 76.6 Å². The molecule has 0 saturated carbocycles. The van der Waals surface area contributed by atoms with Crippen LogP contribution in [0.4, 0.5) is 0 Å². The van der Waals surface area contributed by atoms with Gasteiger partial charge in [-0.25, -0.2) is 0 Å². The molecule has 1 aromatic carbocycles. The summed E-state index contributed by atoms with van der Waals surface area (Å²) in [7, 11) is 0. The molecule has 0 heterocycles. The topological polar surface area (TPSA) is 40.5 Å². The maximum absolute atomic E-state index is 9.34. The molecule has 0 saturated heterocycles. The minimum Gasteiger partial charge on any atom is -0.396 e. The summed E-state index contributed by atoms with van der Waals surface area (Å²) >= 11 is 0. The van der Waals surface area contributed by atoms with Gasteiger partial charge < -0.3 is 10.2 Å². The fraction of sp³-hybridized carbons (Fsp3) is 0.714. The molecular formula is C21H36O2. The van der Waals surface area contributed by atoms with Gasteiger partial charge in [-0.3, -0.25) is 0 Å². The predicted molar refractivity (Wildman–Crippen MR) is 98.7 cm³/mol. The van der Waals surface area contributed by atoms with Crippen LogP contribution in [0.3, 0.4) is 0 Å². The van der Waals surface area contributed by atoms with E-state index in [9.17, 15) is 10.2 Å². The summed E-state index contributed by atoms with van der Waals surface area (Å²) in [6.45, 7) is 4.28. The average molecular weight is 321 g/mol. The molecule has 0 aromatic heterocycles. The first-order chi connectivity index (χ1) is 11.1. The third-order valence-corrected chi connectivity index (χ3v) is 4.87. The second-order valence-electron chi connectivity index (χ2n) is 7.31. The zero-order valence-corrected chi connectivity index (χ0v) is 15.2. The van der Waals surface area contributed by atoms with Gasteiger partial charge in [0.2, 0.25) is 0 Å². The molecule has 0 fully saturated rings. The zero-order chi connectivity index (χ0) is 17.0. The Kier molecular flexibility index (Phi) is 10.2. The van der Waals surface area contributed by atoms with Gasteiger partial charge in [-0.05, 0) is 36.8 Å². The van der Waals surface area contributed by atoms with E-state index in [2.05, 4.69) is 31.2 Å². The van der Waals surface area contributed by atoms with Crippen LogP contribution in [0.1, 0.15) is 76.3 Å². The maximum atomic E-state index is 9.34. The highest BCUT2D eigenvalue weighted by atomic mass is 16.3. The molecule has 1 aromatic rings. The first kappa shape index (κ1) is 20.2. The molecule has 0 aliphatic heterocycles. The van der Waals surface area contributed by atoms with Gasteiger partial charge in [0.15, 0.2) is 0 Å². The van der Waals surface area contributed by atoms with E-state index in [0.29, 0.717) is 0 Å². The lowest BCUT2D eigenvalue weighted by Gasteiger charge is -2.24. The molecule has 0 atom stereocenters. The Labute approximate surface area is 142 Å². The van der Waals surface area contributed by atoms with Crippen molar-refractivity contribution in [3.63, 3.8) is 0 Å². The molecule has 0 radical (unpaired) electrons. The monoisotopic (exact) mass is 320 g/mol. The van der Waals surface area contributed by atoms with Crippen molar-refractivity contribution in [3.05, 3.63) is 35.4 Å². The third-order valence-electron chi connectivity index (χ3n) is 4.87. The van der Waals surface area contributed by atoms with Gasteiger partial charge in [0.25, 0.3) is 0 Å². The highest BCUT2D eigenvalue weighted by Crippen LogP contribution is 2.22. The molecule has 132 valence electrons. The highest BCUT2D eigenvalue weighted by Gasteiger charge is 2.21. The lowest BCUT2D eigenvalue weighted by atomic mass is 9.86. The number of rotatable bonds is 13. The summed E-state index contributed by atoms with van der Waals surface area (Å²) < 4.78 is 0. The molecule has 0 amide bonds. The fourth-order valence-corrected chi connectivity index (χ4v) is 2.81. The van der Waals surface area contributed by atoms with Crippen LogP contribution in [0.15, 0.2) is 24.3 Å². The van der Waals surface area contributed by atoms with Crippen molar-refractivity contribution < 1.29 is 10.2 Å². The van der Waals surface area contributed by atoms with Crippen LogP contribution in [0.2, 0.25) is 0 Å². The maximum Gasteiger partial charge on any atom is 0.0506 e. The van der Waals surface area contributed by atoms with Gasteiger partial charge in [-0.2, -0.15) is 0 Å². The van der Waals surface area contributed by atoms with E-state index in [4.69, 9.17) is 0 Å².